The average molecular weight is 237 g/mol. The Labute approximate surface area is 91.3 Å². The van der Waals surface area contributed by atoms with Crippen LogP contribution in [0.1, 0.15) is 24.3 Å². The van der Waals surface area contributed by atoms with Crippen molar-refractivity contribution in [3.8, 4) is 0 Å². The predicted molar refractivity (Wildman–Crippen MR) is 56.2 cm³/mol. The highest BCUT2D eigenvalue weighted by Gasteiger charge is 2.34. The maximum absolute atomic E-state index is 12.5. The van der Waals surface area contributed by atoms with Crippen molar-refractivity contribution in [2.45, 2.75) is 32.5 Å². The SMILES string of the molecule is CCNC(C)Cc1sccc1C(F)(F)F. The van der Waals surface area contributed by atoms with E-state index in [2.05, 4.69) is 5.32 Å². The predicted octanol–water partition coefficient (Wildman–Crippen LogP) is 3.31. The second kappa shape index (κ2) is 4.99. The third-order valence-corrected chi connectivity index (χ3v) is 3.04. The molecule has 0 saturated heterocycles. The Morgan fingerprint density at radius 2 is 2.13 bits per heavy atom. The molecule has 1 N–H and O–H groups in total. The van der Waals surface area contributed by atoms with Gasteiger partial charge in [0.2, 0.25) is 0 Å². The van der Waals surface area contributed by atoms with Crippen molar-refractivity contribution < 1.29 is 13.2 Å². The van der Waals surface area contributed by atoms with Gasteiger partial charge in [0, 0.05) is 10.9 Å². The zero-order valence-electron chi connectivity index (χ0n) is 8.69. The van der Waals surface area contributed by atoms with Gasteiger partial charge in [-0.2, -0.15) is 13.2 Å². The fourth-order valence-corrected chi connectivity index (χ4v) is 2.48. The molecule has 1 unspecified atom stereocenters. The van der Waals surface area contributed by atoms with Crippen LogP contribution in [0.3, 0.4) is 0 Å². The van der Waals surface area contributed by atoms with Gasteiger partial charge >= 0.3 is 6.18 Å². The van der Waals surface area contributed by atoms with E-state index in [1.54, 1.807) is 0 Å². The monoisotopic (exact) mass is 237 g/mol. The average Bonchev–Trinajstić information content (AvgIpc) is 2.51. The van der Waals surface area contributed by atoms with Crippen molar-refractivity contribution in [3.63, 3.8) is 0 Å². The molecule has 0 fully saturated rings. The molecule has 0 aromatic carbocycles. The molecule has 1 nitrogen and oxygen atoms in total. The van der Waals surface area contributed by atoms with Gasteiger partial charge < -0.3 is 5.32 Å². The van der Waals surface area contributed by atoms with E-state index in [0.717, 1.165) is 12.6 Å². The molecule has 1 aromatic heterocycles. The molecule has 86 valence electrons. The summed E-state index contributed by atoms with van der Waals surface area (Å²) >= 11 is 1.17. The minimum absolute atomic E-state index is 0.0785. The summed E-state index contributed by atoms with van der Waals surface area (Å²) in [6.45, 7) is 4.60. The number of rotatable bonds is 4. The second-order valence-electron chi connectivity index (χ2n) is 3.42. The van der Waals surface area contributed by atoms with E-state index in [0.29, 0.717) is 11.3 Å². The maximum Gasteiger partial charge on any atom is 0.417 e. The van der Waals surface area contributed by atoms with E-state index in [-0.39, 0.29) is 6.04 Å². The van der Waals surface area contributed by atoms with Crippen LogP contribution in [0.25, 0.3) is 0 Å². The standard InChI is InChI=1S/C10H14F3NS/c1-3-14-7(2)6-9-8(4-5-15-9)10(11,12)13/h4-5,7,14H,3,6H2,1-2H3. The summed E-state index contributed by atoms with van der Waals surface area (Å²) in [5.74, 6) is 0. The highest BCUT2D eigenvalue weighted by atomic mass is 32.1. The third-order valence-electron chi connectivity index (χ3n) is 2.09. The zero-order chi connectivity index (χ0) is 11.5. The van der Waals surface area contributed by atoms with Gasteiger partial charge in [-0.25, -0.2) is 0 Å². The molecule has 0 amide bonds. The third kappa shape index (κ3) is 3.50. The molecule has 0 radical (unpaired) electrons. The molecule has 0 aliphatic rings. The molecule has 0 spiro atoms. The molecule has 1 atom stereocenters. The van der Waals surface area contributed by atoms with Gasteiger partial charge in [0.05, 0.1) is 5.56 Å². The van der Waals surface area contributed by atoms with Crippen molar-refractivity contribution >= 4 is 11.3 Å². The van der Waals surface area contributed by atoms with E-state index in [1.165, 1.54) is 16.7 Å². The van der Waals surface area contributed by atoms with E-state index in [1.807, 2.05) is 13.8 Å². The minimum Gasteiger partial charge on any atom is -0.314 e. The number of halogens is 3. The van der Waals surface area contributed by atoms with Gasteiger partial charge in [0.15, 0.2) is 0 Å². The first-order valence-corrected chi connectivity index (χ1v) is 5.70. The Hall–Kier alpha value is -0.550. The number of alkyl halides is 3. The Bertz CT molecular complexity index is 306. The number of nitrogens with one attached hydrogen (secondary N) is 1. The van der Waals surface area contributed by atoms with Crippen molar-refractivity contribution in [2.75, 3.05) is 6.54 Å². The topological polar surface area (TPSA) is 12.0 Å². The summed E-state index contributed by atoms with van der Waals surface area (Å²) in [4.78, 5) is 0.413. The fraction of sp³-hybridized carbons (Fsp3) is 0.600. The van der Waals surface area contributed by atoms with Crippen LogP contribution in [0.2, 0.25) is 0 Å². The van der Waals surface area contributed by atoms with Crippen LogP contribution >= 0.6 is 11.3 Å². The Balaban J connectivity index is 2.74. The Morgan fingerprint density at radius 3 is 2.67 bits per heavy atom. The van der Waals surface area contributed by atoms with E-state index >= 15 is 0 Å². The summed E-state index contributed by atoms with van der Waals surface area (Å²) in [6.07, 6.45) is -3.79. The molecular formula is C10H14F3NS. The van der Waals surface area contributed by atoms with Gasteiger partial charge in [0.1, 0.15) is 0 Å². The summed E-state index contributed by atoms with van der Waals surface area (Å²) in [7, 11) is 0. The number of hydrogen-bond donors (Lipinski definition) is 1. The molecule has 1 aromatic rings. The first kappa shape index (κ1) is 12.5. The lowest BCUT2D eigenvalue weighted by Gasteiger charge is -2.13. The molecule has 0 aliphatic carbocycles. The first-order valence-electron chi connectivity index (χ1n) is 4.82. The van der Waals surface area contributed by atoms with Crippen LogP contribution in [0.15, 0.2) is 11.4 Å². The van der Waals surface area contributed by atoms with Gasteiger partial charge in [-0.3, -0.25) is 0 Å². The largest absolute Gasteiger partial charge is 0.417 e. The van der Waals surface area contributed by atoms with Crippen LogP contribution in [0.4, 0.5) is 13.2 Å². The summed E-state index contributed by atoms with van der Waals surface area (Å²) in [6, 6.07) is 1.23. The van der Waals surface area contributed by atoms with Gasteiger partial charge in [-0.05, 0) is 31.3 Å². The lowest BCUT2D eigenvalue weighted by Crippen LogP contribution is -2.28. The van der Waals surface area contributed by atoms with Crippen molar-refractivity contribution in [1.82, 2.24) is 5.32 Å². The van der Waals surface area contributed by atoms with Gasteiger partial charge in [0.25, 0.3) is 0 Å². The minimum atomic E-state index is -4.22. The second-order valence-corrected chi connectivity index (χ2v) is 4.42. The Kier molecular flexibility index (Phi) is 4.16. The van der Waals surface area contributed by atoms with E-state index in [9.17, 15) is 13.2 Å². The molecular weight excluding hydrogens is 223 g/mol. The summed E-state index contributed by atoms with van der Waals surface area (Å²) in [5.41, 5.74) is -0.489. The first-order chi connectivity index (χ1) is 6.95. The molecule has 1 rings (SSSR count). The Morgan fingerprint density at radius 1 is 1.47 bits per heavy atom. The van der Waals surface area contributed by atoms with Gasteiger partial charge in [-0.1, -0.05) is 6.92 Å². The molecule has 5 heteroatoms. The van der Waals surface area contributed by atoms with Crippen LogP contribution in [-0.4, -0.2) is 12.6 Å². The molecule has 1 heterocycles. The molecule has 0 aliphatic heterocycles. The van der Waals surface area contributed by atoms with Crippen molar-refractivity contribution in [3.05, 3.63) is 21.9 Å². The van der Waals surface area contributed by atoms with E-state index in [4.69, 9.17) is 0 Å². The molecule has 15 heavy (non-hydrogen) atoms. The fourth-order valence-electron chi connectivity index (χ4n) is 1.45. The molecule has 0 bridgehead atoms. The maximum atomic E-state index is 12.5. The van der Waals surface area contributed by atoms with Gasteiger partial charge in [-0.15, -0.1) is 11.3 Å². The summed E-state index contributed by atoms with van der Waals surface area (Å²) < 4.78 is 37.5. The zero-order valence-corrected chi connectivity index (χ0v) is 9.50. The highest BCUT2D eigenvalue weighted by Crippen LogP contribution is 2.35. The van der Waals surface area contributed by atoms with Crippen LogP contribution in [0, 0.1) is 0 Å². The smallest absolute Gasteiger partial charge is 0.314 e. The van der Waals surface area contributed by atoms with Crippen LogP contribution < -0.4 is 5.32 Å². The highest BCUT2D eigenvalue weighted by molar-refractivity contribution is 7.10. The molecule has 0 saturated carbocycles. The van der Waals surface area contributed by atoms with Crippen LogP contribution in [0.5, 0.6) is 0 Å². The lowest BCUT2D eigenvalue weighted by atomic mass is 10.1. The summed E-state index contributed by atoms with van der Waals surface area (Å²) in [5, 5.41) is 4.60. The van der Waals surface area contributed by atoms with Crippen molar-refractivity contribution in [2.24, 2.45) is 0 Å². The van der Waals surface area contributed by atoms with Crippen LogP contribution in [-0.2, 0) is 12.6 Å². The number of thiophene rings is 1. The van der Waals surface area contributed by atoms with E-state index < -0.39 is 11.7 Å². The normalized spacial score (nSPS) is 14.2. The quantitative estimate of drug-likeness (QED) is 0.847. The lowest BCUT2D eigenvalue weighted by molar-refractivity contribution is -0.137. The number of hydrogen-bond acceptors (Lipinski definition) is 2. The number of likely N-dealkylation sites (N-methyl/N-ethyl adjacent to an activating group) is 1. The van der Waals surface area contributed by atoms with Crippen molar-refractivity contribution in [1.29, 1.82) is 0 Å².